The third-order valence-electron chi connectivity index (χ3n) is 3.93. The molecule has 0 atom stereocenters. The van der Waals surface area contributed by atoms with Crippen molar-refractivity contribution >= 4 is 38.8 Å². The Hall–Kier alpha value is -2.12. The van der Waals surface area contributed by atoms with Gasteiger partial charge in [-0.2, -0.15) is 0 Å². The molecule has 1 aromatic carbocycles. The zero-order valence-corrected chi connectivity index (χ0v) is 14.3. The summed E-state index contributed by atoms with van der Waals surface area (Å²) >= 11 is 7.64. The van der Waals surface area contributed by atoms with Crippen LogP contribution in [0, 0.1) is 18.6 Å². The maximum Gasteiger partial charge on any atom is 0.183 e. The Morgan fingerprint density at radius 2 is 2.00 bits per heavy atom. The fourth-order valence-corrected chi connectivity index (χ4v) is 4.11. The van der Waals surface area contributed by atoms with E-state index in [1.165, 1.54) is 10.4 Å². The minimum absolute atomic E-state index is 0.0613. The summed E-state index contributed by atoms with van der Waals surface area (Å²) in [5.41, 5.74) is 2.05. The van der Waals surface area contributed by atoms with Crippen LogP contribution in [0.5, 0.6) is 0 Å². The number of aryl methyl sites for hydroxylation is 2. The van der Waals surface area contributed by atoms with Gasteiger partial charge in [-0.3, -0.25) is 0 Å². The first-order chi connectivity index (χ1) is 11.5. The van der Waals surface area contributed by atoms with E-state index in [4.69, 9.17) is 11.6 Å². The van der Waals surface area contributed by atoms with Gasteiger partial charge in [0, 0.05) is 10.4 Å². The molecule has 4 nitrogen and oxygen atoms in total. The van der Waals surface area contributed by atoms with E-state index in [2.05, 4.69) is 22.0 Å². The molecule has 4 rings (SSSR count). The highest BCUT2D eigenvalue weighted by Gasteiger charge is 2.18. The quantitative estimate of drug-likeness (QED) is 0.479. The molecule has 0 fully saturated rings. The molecule has 0 aliphatic carbocycles. The van der Waals surface area contributed by atoms with Gasteiger partial charge in [-0.15, -0.1) is 16.4 Å². The molecule has 0 saturated heterocycles. The second-order valence-electron chi connectivity index (χ2n) is 5.36. The molecule has 0 saturated carbocycles. The van der Waals surface area contributed by atoms with Gasteiger partial charge in [0.05, 0.1) is 10.4 Å². The largest absolute Gasteiger partial charge is 0.225 e. The molecule has 0 aliphatic rings. The van der Waals surface area contributed by atoms with Crippen molar-refractivity contribution < 1.29 is 8.78 Å². The third kappa shape index (κ3) is 2.19. The summed E-state index contributed by atoms with van der Waals surface area (Å²) in [6.45, 7) is 4.12. The molecule has 0 radical (unpaired) electrons. The van der Waals surface area contributed by atoms with Crippen LogP contribution in [0.1, 0.15) is 17.4 Å². The average molecular weight is 365 g/mol. The van der Waals surface area contributed by atoms with Crippen LogP contribution in [0.4, 0.5) is 8.78 Å². The molecule has 0 amide bonds. The highest BCUT2D eigenvalue weighted by Crippen LogP contribution is 2.34. The van der Waals surface area contributed by atoms with E-state index in [1.54, 1.807) is 22.2 Å². The second kappa shape index (κ2) is 5.46. The number of hydrogen-bond acceptors (Lipinski definition) is 4. The molecule has 24 heavy (non-hydrogen) atoms. The van der Waals surface area contributed by atoms with Crippen LogP contribution < -0.4 is 0 Å². The van der Waals surface area contributed by atoms with Crippen molar-refractivity contribution in [3.05, 3.63) is 45.6 Å². The Balaban J connectivity index is 2.03. The lowest BCUT2D eigenvalue weighted by atomic mass is 10.1. The van der Waals surface area contributed by atoms with Gasteiger partial charge in [0.25, 0.3) is 0 Å². The lowest BCUT2D eigenvalue weighted by Crippen LogP contribution is -1.91. The first kappa shape index (κ1) is 15.4. The molecule has 0 unspecified atom stereocenters. The van der Waals surface area contributed by atoms with E-state index in [0.29, 0.717) is 5.65 Å². The van der Waals surface area contributed by atoms with Gasteiger partial charge < -0.3 is 0 Å². The van der Waals surface area contributed by atoms with Crippen LogP contribution in [0.2, 0.25) is 5.02 Å². The number of rotatable bonds is 2. The lowest BCUT2D eigenvalue weighted by molar-refractivity contribution is 0.509. The minimum Gasteiger partial charge on any atom is -0.225 e. The molecule has 122 valence electrons. The molecule has 0 bridgehead atoms. The van der Waals surface area contributed by atoms with Crippen LogP contribution in [0.15, 0.2) is 18.5 Å². The Morgan fingerprint density at radius 3 is 2.75 bits per heavy atom. The van der Waals surface area contributed by atoms with E-state index in [0.717, 1.165) is 28.8 Å². The molecule has 0 N–H and O–H groups in total. The zero-order valence-electron chi connectivity index (χ0n) is 12.8. The fraction of sp³-hybridized carbons (Fsp3) is 0.188. The Morgan fingerprint density at radius 1 is 1.25 bits per heavy atom. The number of nitrogens with zero attached hydrogens (tertiary/aromatic N) is 4. The number of fused-ring (bicyclic) bond motifs is 3. The fourth-order valence-electron chi connectivity index (χ4n) is 2.80. The van der Waals surface area contributed by atoms with Crippen LogP contribution in [-0.2, 0) is 6.42 Å². The van der Waals surface area contributed by atoms with Gasteiger partial charge in [0.1, 0.15) is 11.2 Å². The van der Waals surface area contributed by atoms with Gasteiger partial charge in [-0.25, -0.2) is 23.3 Å². The normalized spacial score (nSPS) is 11.7. The van der Waals surface area contributed by atoms with E-state index in [1.807, 2.05) is 6.92 Å². The van der Waals surface area contributed by atoms with E-state index < -0.39 is 11.6 Å². The molecule has 0 spiro atoms. The van der Waals surface area contributed by atoms with Crippen LogP contribution in [-0.4, -0.2) is 19.6 Å². The van der Waals surface area contributed by atoms with Crippen LogP contribution in [0.25, 0.3) is 27.3 Å². The summed E-state index contributed by atoms with van der Waals surface area (Å²) < 4.78 is 28.4. The van der Waals surface area contributed by atoms with Gasteiger partial charge >= 0.3 is 0 Å². The number of hydrogen-bond donors (Lipinski definition) is 0. The summed E-state index contributed by atoms with van der Waals surface area (Å²) in [4.78, 5) is 11.0. The van der Waals surface area contributed by atoms with Crippen molar-refractivity contribution in [1.82, 2.24) is 19.6 Å². The van der Waals surface area contributed by atoms with E-state index >= 15 is 0 Å². The second-order valence-corrected chi connectivity index (χ2v) is 6.98. The molecule has 8 heteroatoms. The third-order valence-corrected chi connectivity index (χ3v) is 5.30. The Kier molecular flexibility index (Phi) is 3.51. The predicted octanol–water partition coefficient (Wildman–Crippen LogP) is 4.81. The number of thiophene rings is 1. The molecular formula is C16H11ClF2N4S. The standard InChI is InChI=1S/C16H11ClF2N4S/c1-3-8-7(2)24-16-13(8)15-21-14(22-23(15)6-20-16)9-4-11(18)12(19)5-10(9)17/h4-6H,3H2,1-2H3. The maximum atomic E-state index is 13.6. The predicted molar refractivity (Wildman–Crippen MR) is 90.6 cm³/mol. The lowest BCUT2D eigenvalue weighted by Gasteiger charge is -2.00. The topological polar surface area (TPSA) is 43.1 Å². The Bertz CT molecular complexity index is 1100. The van der Waals surface area contributed by atoms with Gasteiger partial charge in [0.2, 0.25) is 0 Å². The maximum absolute atomic E-state index is 13.6. The van der Waals surface area contributed by atoms with Crippen LogP contribution >= 0.6 is 22.9 Å². The van der Waals surface area contributed by atoms with Gasteiger partial charge in [0.15, 0.2) is 23.1 Å². The van der Waals surface area contributed by atoms with Crippen molar-refractivity contribution in [2.24, 2.45) is 0 Å². The van der Waals surface area contributed by atoms with Crippen LogP contribution in [0.3, 0.4) is 0 Å². The van der Waals surface area contributed by atoms with Crippen molar-refractivity contribution in [2.75, 3.05) is 0 Å². The van der Waals surface area contributed by atoms with Crippen molar-refractivity contribution in [2.45, 2.75) is 20.3 Å². The summed E-state index contributed by atoms with van der Waals surface area (Å²) in [6.07, 6.45) is 2.42. The highest BCUT2D eigenvalue weighted by molar-refractivity contribution is 7.18. The van der Waals surface area contributed by atoms with Gasteiger partial charge in [-0.1, -0.05) is 18.5 Å². The average Bonchev–Trinajstić information content (AvgIpc) is 3.10. The monoisotopic (exact) mass is 364 g/mol. The summed E-state index contributed by atoms with van der Waals surface area (Å²) in [5.74, 6) is -1.76. The molecular weight excluding hydrogens is 354 g/mol. The van der Waals surface area contributed by atoms with E-state index in [-0.39, 0.29) is 16.4 Å². The number of halogens is 3. The molecule has 3 heterocycles. The summed E-state index contributed by atoms with van der Waals surface area (Å²) in [7, 11) is 0. The van der Waals surface area contributed by atoms with Crippen molar-refractivity contribution in [1.29, 1.82) is 0 Å². The number of benzene rings is 1. The summed E-state index contributed by atoms with van der Waals surface area (Å²) in [5, 5.41) is 5.33. The van der Waals surface area contributed by atoms with E-state index in [9.17, 15) is 8.78 Å². The SMILES string of the molecule is CCc1c(C)sc2ncn3nc(-c4cc(F)c(F)cc4Cl)nc3c12. The minimum atomic E-state index is -1.00. The first-order valence-corrected chi connectivity index (χ1v) is 8.47. The zero-order chi connectivity index (χ0) is 17.0. The molecule has 0 aliphatic heterocycles. The van der Waals surface area contributed by atoms with Crippen molar-refractivity contribution in [3.63, 3.8) is 0 Å². The smallest absolute Gasteiger partial charge is 0.183 e. The Labute approximate surface area is 144 Å². The highest BCUT2D eigenvalue weighted by atomic mass is 35.5. The van der Waals surface area contributed by atoms with Crippen molar-refractivity contribution in [3.8, 4) is 11.4 Å². The first-order valence-electron chi connectivity index (χ1n) is 7.27. The molecule has 4 aromatic rings. The summed E-state index contributed by atoms with van der Waals surface area (Å²) in [6, 6.07) is 1.94. The van der Waals surface area contributed by atoms with Gasteiger partial charge in [-0.05, 0) is 31.0 Å². The number of aromatic nitrogens is 4. The molecule has 3 aromatic heterocycles.